The summed E-state index contributed by atoms with van der Waals surface area (Å²) >= 11 is 0. The Morgan fingerprint density at radius 2 is 2.06 bits per heavy atom. The Bertz CT molecular complexity index is 363. The maximum atomic E-state index is 12.9. The third-order valence-corrected chi connectivity index (χ3v) is 3.43. The molecule has 2 rings (SSSR count). The summed E-state index contributed by atoms with van der Waals surface area (Å²) in [5, 5.41) is 3.61. The van der Waals surface area contributed by atoms with Crippen LogP contribution in [0.2, 0.25) is 0 Å². The van der Waals surface area contributed by atoms with E-state index in [4.69, 9.17) is 4.74 Å². The minimum Gasteiger partial charge on any atom is -0.381 e. The molecule has 1 heterocycles. The molecule has 1 aromatic carbocycles. The Labute approximate surface area is 109 Å². The second-order valence-corrected chi connectivity index (χ2v) is 5.38. The second-order valence-electron chi connectivity index (χ2n) is 5.38. The van der Waals surface area contributed by atoms with Crippen LogP contribution in [0, 0.1) is 11.7 Å². The van der Waals surface area contributed by atoms with Gasteiger partial charge in [-0.1, -0.05) is 26.0 Å². The maximum Gasteiger partial charge on any atom is 0.123 e. The molecule has 0 spiro atoms. The normalized spacial score (nSPS) is 24.4. The van der Waals surface area contributed by atoms with Crippen molar-refractivity contribution in [2.45, 2.75) is 38.8 Å². The van der Waals surface area contributed by atoms with Crippen molar-refractivity contribution in [3.05, 3.63) is 35.6 Å². The lowest BCUT2D eigenvalue weighted by molar-refractivity contribution is 0.0300. The Morgan fingerprint density at radius 3 is 2.72 bits per heavy atom. The highest BCUT2D eigenvalue weighted by Gasteiger charge is 2.26. The molecule has 0 saturated carbocycles. The zero-order valence-corrected chi connectivity index (χ0v) is 11.2. The third kappa shape index (κ3) is 3.79. The van der Waals surface area contributed by atoms with Crippen molar-refractivity contribution < 1.29 is 9.13 Å². The number of benzene rings is 1. The van der Waals surface area contributed by atoms with Gasteiger partial charge >= 0.3 is 0 Å². The van der Waals surface area contributed by atoms with Gasteiger partial charge in [-0.05, 0) is 30.5 Å². The molecule has 1 aliphatic heterocycles. The van der Waals surface area contributed by atoms with E-state index in [0.29, 0.717) is 18.0 Å². The summed E-state index contributed by atoms with van der Waals surface area (Å²) in [4.78, 5) is 0. The van der Waals surface area contributed by atoms with E-state index >= 15 is 0 Å². The summed E-state index contributed by atoms with van der Waals surface area (Å²) in [5.74, 6) is 0.308. The fraction of sp³-hybridized carbons (Fsp3) is 0.600. The molecule has 100 valence electrons. The molecule has 1 saturated heterocycles. The molecule has 0 bridgehead atoms. The van der Waals surface area contributed by atoms with Crippen LogP contribution in [0.15, 0.2) is 24.3 Å². The van der Waals surface area contributed by atoms with E-state index in [-0.39, 0.29) is 5.82 Å². The van der Waals surface area contributed by atoms with Crippen molar-refractivity contribution in [2.24, 2.45) is 5.92 Å². The van der Waals surface area contributed by atoms with Gasteiger partial charge in [0.2, 0.25) is 0 Å². The first-order valence-electron chi connectivity index (χ1n) is 6.73. The van der Waals surface area contributed by atoms with Gasteiger partial charge in [-0.25, -0.2) is 4.39 Å². The molecule has 0 amide bonds. The maximum absolute atomic E-state index is 12.9. The van der Waals surface area contributed by atoms with E-state index in [1.54, 1.807) is 0 Å². The lowest BCUT2D eigenvalue weighted by atomic mass is 9.89. The average molecular weight is 251 g/mol. The van der Waals surface area contributed by atoms with E-state index < -0.39 is 0 Å². The highest BCUT2D eigenvalue weighted by atomic mass is 19.1. The van der Waals surface area contributed by atoms with Gasteiger partial charge in [0.25, 0.3) is 0 Å². The van der Waals surface area contributed by atoms with Crippen LogP contribution in [-0.4, -0.2) is 25.3 Å². The van der Waals surface area contributed by atoms with Crippen LogP contribution in [-0.2, 0) is 11.2 Å². The minimum absolute atomic E-state index is 0.171. The molecule has 1 N–H and O–H groups in total. The summed E-state index contributed by atoms with van der Waals surface area (Å²) in [6, 6.07) is 7.80. The summed E-state index contributed by atoms with van der Waals surface area (Å²) < 4.78 is 18.5. The van der Waals surface area contributed by atoms with Gasteiger partial charge in [0.05, 0.1) is 6.61 Å². The lowest BCUT2D eigenvalue weighted by Crippen LogP contribution is -2.46. The van der Waals surface area contributed by atoms with Gasteiger partial charge in [-0.2, -0.15) is 0 Å². The minimum atomic E-state index is -0.171. The summed E-state index contributed by atoms with van der Waals surface area (Å²) in [7, 11) is 0. The molecule has 18 heavy (non-hydrogen) atoms. The van der Waals surface area contributed by atoms with Crippen LogP contribution in [0.4, 0.5) is 4.39 Å². The van der Waals surface area contributed by atoms with Gasteiger partial charge in [-0.3, -0.25) is 0 Å². The average Bonchev–Trinajstić information content (AvgIpc) is 2.34. The Kier molecular flexibility index (Phi) is 4.72. The lowest BCUT2D eigenvalue weighted by Gasteiger charge is -2.33. The van der Waals surface area contributed by atoms with Crippen LogP contribution in [0.5, 0.6) is 0 Å². The van der Waals surface area contributed by atoms with Crippen molar-refractivity contribution in [1.29, 1.82) is 0 Å². The highest BCUT2D eigenvalue weighted by molar-refractivity contribution is 5.17. The van der Waals surface area contributed by atoms with Gasteiger partial charge < -0.3 is 10.1 Å². The SMILES string of the molecule is CC(C)NC1CCOCC1Cc1ccc(F)cc1. The van der Waals surface area contributed by atoms with E-state index in [2.05, 4.69) is 19.2 Å². The zero-order chi connectivity index (χ0) is 13.0. The summed E-state index contributed by atoms with van der Waals surface area (Å²) in [6.07, 6.45) is 2.01. The number of hydrogen-bond donors (Lipinski definition) is 1. The molecule has 2 nitrogen and oxygen atoms in total. The van der Waals surface area contributed by atoms with Crippen LogP contribution < -0.4 is 5.32 Å². The molecule has 3 heteroatoms. The predicted octanol–water partition coefficient (Wildman–Crippen LogP) is 2.77. The van der Waals surface area contributed by atoms with Crippen LogP contribution >= 0.6 is 0 Å². The first-order chi connectivity index (χ1) is 8.65. The fourth-order valence-corrected chi connectivity index (χ4v) is 2.57. The molecule has 1 aliphatic rings. The smallest absolute Gasteiger partial charge is 0.123 e. The van der Waals surface area contributed by atoms with Crippen LogP contribution in [0.3, 0.4) is 0 Å². The largest absolute Gasteiger partial charge is 0.381 e. The van der Waals surface area contributed by atoms with E-state index in [1.165, 1.54) is 17.7 Å². The highest BCUT2D eigenvalue weighted by Crippen LogP contribution is 2.20. The molecular weight excluding hydrogens is 229 g/mol. The number of halogens is 1. The molecule has 1 aromatic rings. The Morgan fingerprint density at radius 1 is 1.33 bits per heavy atom. The molecule has 0 aromatic heterocycles. The van der Waals surface area contributed by atoms with Crippen molar-refractivity contribution >= 4 is 0 Å². The first kappa shape index (κ1) is 13.5. The van der Waals surface area contributed by atoms with Crippen molar-refractivity contribution in [3.8, 4) is 0 Å². The monoisotopic (exact) mass is 251 g/mol. The van der Waals surface area contributed by atoms with E-state index in [0.717, 1.165) is 26.1 Å². The van der Waals surface area contributed by atoms with Gasteiger partial charge in [0, 0.05) is 24.6 Å². The number of hydrogen-bond acceptors (Lipinski definition) is 2. The fourth-order valence-electron chi connectivity index (χ4n) is 2.57. The number of rotatable bonds is 4. The van der Waals surface area contributed by atoms with Crippen molar-refractivity contribution in [3.63, 3.8) is 0 Å². The van der Waals surface area contributed by atoms with Crippen molar-refractivity contribution in [1.82, 2.24) is 5.32 Å². The second kappa shape index (κ2) is 6.30. The third-order valence-electron chi connectivity index (χ3n) is 3.43. The Hall–Kier alpha value is -0.930. The van der Waals surface area contributed by atoms with E-state index in [9.17, 15) is 4.39 Å². The van der Waals surface area contributed by atoms with E-state index in [1.807, 2.05) is 12.1 Å². The molecular formula is C15H22FNO. The van der Waals surface area contributed by atoms with Gasteiger partial charge in [0.15, 0.2) is 0 Å². The van der Waals surface area contributed by atoms with Gasteiger partial charge in [0.1, 0.15) is 5.82 Å². The number of nitrogens with one attached hydrogen (secondary N) is 1. The van der Waals surface area contributed by atoms with Crippen LogP contribution in [0.25, 0.3) is 0 Å². The molecule has 1 fully saturated rings. The van der Waals surface area contributed by atoms with Gasteiger partial charge in [-0.15, -0.1) is 0 Å². The summed E-state index contributed by atoms with van der Waals surface area (Å²) in [5.41, 5.74) is 1.18. The summed E-state index contributed by atoms with van der Waals surface area (Å²) in [6.45, 7) is 5.97. The van der Waals surface area contributed by atoms with Crippen molar-refractivity contribution in [2.75, 3.05) is 13.2 Å². The molecule has 2 atom stereocenters. The zero-order valence-electron chi connectivity index (χ0n) is 11.2. The quantitative estimate of drug-likeness (QED) is 0.888. The van der Waals surface area contributed by atoms with Crippen LogP contribution in [0.1, 0.15) is 25.8 Å². The standard InChI is InChI=1S/C15H22FNO/c1-11(2)17-15-7-8-18-10-13(15)9-12-3-5-14(16)6-4-12/h3-6,11,13,15,17H,7-10H2,1-2H3. The molecule has 2 unspecified atom stereocenters. The predicted molar refractivity (Wildman–Crippen MR) is 71.1 cm³/mol. The Balaban J connectivity index is 1.98. The molecule has 0 radical (unpaired) electrons. The number of ether oxygens (including phenoxy) is 1. The molecule has 0 aliphatic carbocycles. The first-order valence-corrected chi connectivity index (χ1v) is 6.73. The topological polar surface area (TPSA) is 21.3 Å².